The fraction of sp³-hybridized carbons (Fsp3) is 0.765. The predicted octanol–water partition coefficient (Wildman–Crippen LogP) is 4.48. The summed E-state index contributed by atoms with van der Waals surface area (Å²) in [6.07, 6.45) is 11.7. The van der Waals surface area contributed by atoms with Gasteiger partial charge >= 0.3 is 0 Å². The molecule has 1 saturated carbocycles. The highest BCUT2D eigenvalue weighted by Crippen LogP contribution is 2.27. The van der Waals surface area contributed by atoms with E-state index >= 15 is 0 Å². The summed E-state index contributed by atoms with van der Waals surface area (Å²) in [6.45, 7) is 5.08. The Balaban J connectivity index is 0.00000264. The first-order chi connectivity index (χ1) is 10.7. The Morgan fingerprint density at radius 2 is 2.13 bits per heavy atom. The van der Waals surface area contributed by atoms with Crippen LogP contribution >= 0.6 is 35.3 Å². The van der Waals surface area contributed by atoms with Crippen molar-refractivity contribution in [2.75, 3.05) is 7.05 Å². The minimum atomic E-state index is 0. The molecule has 0 radical (unpaired) electrons. The Kier molecular flexibility index (Phi) is 10.1. The zero-order valence-corrected chi connectivity index (χ0v) is 17.7. The van der Waals surface area contributed by atoms with E-state index < -0.39 is 0 Å². The molecule has 2 N–H and O–H groups in total. The third-order valence-corrected chi connectivity index (χ3v) is 5.35. The number of hydrogen-bond donors (Lipinski definition) is 2. The van der Waals surface area contributed by atoms with Gasteiger partial charge < -0.3 is 10.6 Å². The summed E-state index contributed by atoms with van der Waals surface area (Å²) in [6, 6.07) is 0.469. The molecule has 1 aromatic rings. The Morgan fingerprint density at radius 3 is 2.74 bits per heavy atom. The quantitative estimate of drug-likeness (QED) is 0.382. The van der Waals surface area contributed by atoms with Crippen LogP contribution < -0.4 is 10.6 Å². The van der Waals surface area contributed by atoms with Gasteiger partial charge in [-0.3, -0.25) is 4.99 Å². The summed E-state index contributed by atoms with van der Waals surface area (Å²) < 4.78 is 0. The SMILES string of the molecule is CN=C(NCc1cnc(C)s1)NC(C)CCC1CCCCC1.I. The van der Waals surface area contributed by atoms with E-state index in [4.69, 9.17) is 0 Å². The summed E-state index contributed by atoms with van der Waals surface area (Å²) in [4.78, 5) is 9.85. The first-order valence-corrected chi connectivity index (χ1v) is 9.37. The van der Waals surface area contributed by atoms with Crippen LogP contribution in [0.4, 0.5) is 0 Å². The van der Waals surface area contributed by atoms with Crippen LogP contribution in [0.1, 0.15) is 61.8 Å². The molecule has 23 heavy (non-hydrogen) atoms. The van der Waals surface area contributed by atoms with Crippen molar-refractivity contribution in [2.24, 2.45) is 10.9 Å². The van der Waals surface area contributed by atoms with Crippen molar-refractivity contribution in [3.8, 4) is 0 Å². The standard InChI is InChI=1S/C17H30N4S.HI/c1-13(9-10-15-7-5-4-6-8-15)21-17(18-3)20-12-16-11-19-14(2)22-16;/h11,13,15H,4-10,12H2,1-3H3,(H2,18,20,21);1H. The highest BCUT2D eigenvalue weighted by Gasteiger charge is 2.15. The molecule has 4 nitrogen and oxygen atoms in total. The lowest BCUT2D eigenvalue weighted by Gasteiger charge is -2.24. The van der Waals surface area contributed by atoms with Gasteiger partial charge in [-0.2, -0.15) is 0 Å². The maximum absolute atomic E-state index is 4.32. The van der Waals surface area contributed by atoms with Crippen molar-refractivity contribution < 1.29 is 0 Å². The molecule has 0 amide bonds. The lowest BCUT2D eigenvalue weighted by Crippen LogP contribution is -2.41. The second-order valence-electron chi connectivity index (χ2n) is 6.40. The van der Waals surface area contributed by atoms with Gasteiger partial charge in [-0.15, -0.1) is 35.3 Å². The molecule has 1 aliphatic carbocycles. The minimum absolute atomic E-state index is 0. The number of thiazole rings is 1. The van der Waals surface area contributed by atoms with Crippen molar-refractivity contribution >= 4 is 41.3 Å². The second kappa shape index (κ2) is 11.2. The molecule has 0 aromatic carbocycles. The van der Waals surface area contributed by atoms with Gasteiger partial charge in [0.1, 0.15) is 0 Å². The van der Waals surface area contributed by atoms with Gasteiger partial charge in [-0.25, -0.2) is 4.98 Å². The maximum Gasteiger partial charge on any atom is 0.191 e. The number of nitrogens with one attached hydrogen (secondary N) is 2. The van der Waals surface area contributed by atoms with Gasteiger partial charge in [0, 0.05) is 24.2 Å². The van der Waals surface area contributed by atoms with Gasteiger partial charge in [0.2, 0.25) is 0 Å². The van der Waals surface area contributed by atoms with Gasteiger partial charge in [-0.1, -0.05) is 32.1 Å². The average molecular weight is 450 g/mol. The van der Waals surface area contributed by atoms with Crippen LogP contribution in [0.2, 0.25) is 0 Å². The lowest BCUT2D eigenvalue weighted by molar-refractivity contribution is 0.322. The van der Waals surface area contributed by atoms with Crippen molar-refractivity contribution in [3.63, 3.8) is 0 Å². The van der Waals surface area contributed by atoms with Crippen molar-refractivity contribution in [3.05, 3.63) is 16.1 Å². The molecule has 0 aliphatic heterocycles. The van der Waals surface area contributed by atoms with Crippen LogP contribution in [0, 0.1) is 12.8 Å². The molecule has 0 bridgehead atoms. The summed E-state index contributed by atoms with van der Waals surface area (Å²) in [5.41, 5.74) is 0. The molecule has 6 heteroatoms. The van der Waals surface area contributed by atoms with E-state index in [1.54, 1.807) is 11.3 Å². The summed E-state index contributed by atoms with van der Waals surface area (Å²) in [5, 5.41) is 8.00. The van der Waals surface area contributed by atoms with Gasteiger partial charge in [0.05, 0.1) is 11.6 Å². The smallest absolute Gasteiger partial charge is 0.191 e. The van der Waals surface area contributed by atoms with E-state index in [1.165, 1.54) is 49.8 Å². The number of aliphatic imine (C=N–C) groups is 1. The van der Waals surface area contributed by atoms with Crippen LogP contribution in [-0.2, 0) is 6.54 Å². The van der Waals surface area contributed by atoms with E-state index in [9.17, 15) is 0 Å². The second-order valence-corrected chi connectivity index (χ2v) is 7.72. The number of aryl methyl sites for hydroxylation is 1. The first-order valence-electron chi connectivity index (χ1n) is 8.56. The largest absolute Gasteiger partial charge is 0.354 e. The number of halogens is 1. The number of rotatable bonds is 6. The van der Waals surface area contributed by atoms with Gasteiger partial charge in [0.15, 0.2) is 5.96 Å². The Morgan fingerprint density at radius 1 is 1.39 bits per heavy atom. The highest BCUT2D eigenvalue weighted by molar-refractivity contribution is 14.0. The van der Waals surface area contributed by atoms with E-state index in [1.807, 2.05) is 20.2 Å². The molecular weight excluding hydrogens is 419 g/mol. The number of nitrogens with zero attached hydrogens (tertiary/aromatic N) is 2. The third-order valence-electron chi connectivity index (χ3n) is 4.44. The average Bonchev–Trinajstić information content (AvgIpc) is 2.96. The highest BCUT2D eigenvalue weighted by atomic mass is 127. The van der Waals surface area contributed by atoms with Crippen LogP contribution in [0.15, 0.2) is 11.2 Å². The molecule has 1 aliphatic rings. The Labute approximate surface area is 162 Å². The van der Waals surface area contributed by atoms with E-state index in [0.717, 1.165) is 23.4 Å². The molecule has 1 unspecified atom stereocenters. The molecular formula is C17H31IN4S. The van der Waals surface area contributed by atoms with Crippen LogP contribution in [0.5, 0.6) is 0 Å². The summed E-state index contributed by atoms with van der Waals surface area (Å²) in [7, 11) is 1.83. The third kappa shape index (κ3) is 7.83. The van der Waals surface area contributed by atoms with Crippen LogP contribution in [0.3, 0.4) is 0 Å². The number of guanidine groups is 1. The van der Waals surface area contributed by atoms with Gasteiger partial charge in [0.25, 0.3) is 0 Å². The molecule has 1 atom stereocenters. The molecule has 1 fully saturated rings. The monoisotopic (exact) mass is 450 g/mol. The molecule has 1 aromatic heterocycles. The van der Waals surface area contributed by atoms with Crippen LogP contribution in [-0.4, -0.2) is 24.0 Å². The summed E-state index contributed by atoms with van der Waals surface area (Å²) in [5.74, 6) is 1.84. The topological polar surface area (TPSA) is 49.3 Å². The van der Waals surface area contributed by atoms with E-state index in [2.05, 4.69) is 27.5 Å². The zero-order chi connectivity index (χ0) is 15.8. The molecule has 1 heterocycles. The molecule has 0 saturated heterocycles. The fourth-order valence-electron chi connectivity index (χ4n) is 3.12. The lowest BCUT2D eigenvalue weighted by atomic mass is 9.85. The van der Waals surface area contributed by atoms with Gasteiger partial charge in [-0.05, 0) is 32.6 Å². The molecule has 2 rings (SSSR count). The fourth-order valence-corrected chi connectivity index (χ4v) is 3.85. The van der Waals surface area contributed by atoms with Crippen molar-refractivity contribution in [1.82, 2.24) is 15.6 Å². The first kappa shape index (κ1) is 20.7. The van der Waals surface area contributed by atoms with Crippen molar-refractivity contribution in [2.45, 2.75) is 71.4 Å². The van der Waals surface area contributed by atoms with Crippen LogP contribution in [0.25, 0.3) is 0 Å². The summed E-state index contributed by atoms with van der Waals surface area (Å²) >= 11 is 1.73. The number of aromatic nitrogens is 1. The van der Waals surface area contributed by atoms with E-state index in [0.29, 0.717) is 6.04 Å². The Bertz CT molecular complexity index is 469. The normalized spacial score (nSPS) is 17.4. The minimum Gasteiger partial charge on any atom is -0.354 e. The number of hydrogen-bond acceptors (Lipinski definition) is 3. The zero-order valence-electron chi connectivity index (χ0n) is 14.6. The van der Waals surface area contributed by atoms with Crippen molar-refractivity contribution in [1.29, 1.82) is 0 Å². The molecule has 132 valence electrons. The van der Waals surface area contributed by atoms with E-state index in [-0.39, 0.29) is 24.0 Å². The maximum atomic E-state index is 4.32. The molecule has 0 spiro atoms. The predicted molar refractivity (Wildman–Crippen MR) is 111 cm³/mol. The Hall–Kier alpha value is -0.370.